The molecule has 6 heteroatoms. The maximum absolute atomic E-state index is 12.7. The SMILES string of the molecule is CN(C)c1cccc(CNC(=O)N2CCCC[C@@H]2c2cn[nH]c2)c1. The molecule has 3 rings (SSSR count). The van der Waals surface area contributed by atoms with E-state index in [-0.39, 0.29) is 12.1 Å². The minimum absolute atomic E-state index is 0.00356. The number of aromatic nitrogens is 2. The summed E-state index contributed by atoms with van der Waals surface area (Å²) in [5.74, 6) is 0. The molecule has 2 amide bonds. The second-order valence-electron chi connectivity index (χ2n) is 6.46. The van der Waals surface area contributed by atoms with Gasteiger partial charge in [0.25, 0.3) is 0 Å². The molecule has 1 aliphatic rings. The first-order chi connectivity index (χ1) is 11.6. The lowest BCUT2D eigenvalue weighted by atomic mass is 9.98. The van der Waals surface area contributed by atoms with E-state index in [0.717, 1.165) is 42.6 Å². The molecule has 1 aliphatic heterocycles. The minimum Gasteiger partial charge on any atom is -0.378 e. The topological polar surface area (TPSA) is 64.3 Å². The monoisotopic (exact) mass is 327 g/mol. The normalized spacial score (nSPS) is 17.6. The lowest BCUT2D eigenvalue weighted by molar-refractivity contribution is 0.151. The van der Waals surface area contributed by atoms with Gasteiger partial charge in [0.15, 0.2) is 0 Å². The fourth-order valence-electron chi connectivity index (χ4n) is 3.19. The molecule has 0 aliphatic carbocycles. The molecule has 1 aromatic heterocycles. The number of rotatable bonds is 4. The highest BCUT2D eigenvalue weighted by Gasteiger charge is 2.28. The van der Waals surface area contributed by atoms with E-state index in [9.17, 15) is 4.79 Å². The predicted octanol–water partition coefficient (Wildman–Crippen LogP) is 2.91. The quantitative estimate of drug-likeness (QED) is 0.907. The van der Waals surface area contributed by atoms with Crippen molar-refractivity contribution in [2.24, 2.45) is 0 Å². The Morgan fingerprint density at radius 2 is 2.29 bits per heavy atom. The zero-order chi connectivity index (χ0) is 16.9. The average Bonchev–Trinajstić information content (AvgIpc) is 3.14. The number of H-pyrrole nitrogens is 1. The first kappa shape index (κ1) is 16.4. The smallest absolute Gasteiger partial charge is 0.318 e. The van der Waals surface area contributed by atoms with Crippen LogP contribution in [0.25, 0.3) is 0 Å². The summed E-state index contributed by atoms with van der Waals surface area (Å²) in [7, 11) is 4.03. The van der Waals surface area contributed by atoms with Gasteiger partial charge in [-0.15, -0.1) is 0 Å². The highest BCUT2D eigenvalue weighted by molar-refractivity contribution is 5.75. The van der Waals surface area contributed by atoms with Crippen LogP contribution in [0.3, 0.4) is 0 Å². The van der Waals surface area contributed by atoms with E-state index in [1.807, 2.05) is 43.5 Å². The van der Waals surface area contributed by atoms with Crippen LogP contribution in [-0.2, 0) is 6.54 Å². The number of nitrogens with one attached hydrogen (secondary N) is 2. The first-order valence-corrected chi connectivity index (χ1v) is 8.44. The Morgan fingerprint density at radius 1 is 1.42 bits per heavy atom. The maximum atomic E-state index is 12.7. The third-order valence-electron chi connectivity index (χ3n) is 4.54. The molecule has 1 aromatic carbocycles. The number of urea groups is 1. The largest absolute Gasteiger partial charge is 0.378 e. The Balaban J connectivity index is 1.64. The summed E-state index contributed by atoms with van der Waals surface area (Å²) in [6.45, 7) is 1.33. The van der Waals surface area contributed by atoms with Crippen molar-refractivity contribution in [3.63, 3.8) is 0 Å². The van der Waals surface area contributed by atoms with Crippen molar-refractivity contribution in [3.8, 4) is 0 Å². The number of amides is 2. The summed E-state index contributed by atoms with van der Waals surface area (Å²) < 4.78 is 0. The molecule has 0 unspecified atom stereocenters. The Hall–Kier alpha value is -2.50. The first-order valence-electron chi connectivity index (χ1n) is 8.44. The summed E-state index contributed by atoms with van der Waals surface area (Å²) >= 11 is 0. The number of anilines is 1. The van der Waals surface area contributed by atoms with E-state index in [2.05, 4.69) is 32.5 Å². The van der Waals surface area contributed by atoms with Crippen molar-refractivity contribution < 1.29 is 4.79 Å². The van der Waals surface area contributed by atoms with E-state index >= 15 is 0 Å². The lowest BCUT2D eigenvalue weighted by Gasteiger charge is -2.35. The number of carbonyl (C=O) groups excluding carboxylic acids is 1. The molecule has 0 bridgehead atoms. The van der Waals surface area contributed by atoms with Crippen LogP contribution < -0.4 is 10.2 Å². The third kappa shape index (κ3) is 3.69. The van der Waals surface area contributed by atoms with Crippen LogP contribution in [0.5, 0.6) is 0 Å². The van der Waals surface area contributed by atoms with Gasteiger partial charge in [-0.3, -0.25) is 5.10 Å². The van der Waals surface area contributed by atoms with E-state index < -0.39 is 0 Å². The van der Waals surface area contributed by atoms with Crippen molar-refractivity contribution in [2.45, 2.75) is 31.8 Å². The molecule has 0 spiro atoms. The highest BCUT2D eigenvalue weighted by atomic mass is 16.2. The molecular formula is C18H25N5O. The van der Waals surface area contributed by atoms with Crippen LogP contribution in [0, 0.1) is 0 Å². The molecule has 24 heavy (non-hydrogen) atoms. The summed E-state index contributed by atoms with van der Waals surface area (Å²) in [6.07, 6.45) is 6.89. The van der Waals surface area contributed by atoms with Crippen molar-refractivity contribution in [1.82, 2.24) is 20.4 Å². The summed E-state index contributed by atoms with van der Waals surface area (Å²) in [5.41, 5.74) is 3.32. The molecular weight excluding hydrogens is 302 g/mol. The van der Waals surface area contributed by atoms with Gasteiger partial charge in [-0.05, 0) is 37.0 Å². The Morgan fingerprint density at radius 3 is 3.04 bits per heavy atom. The van der Waals surface area contributed by atoms with Gasteiger partial charge in [-0.25, -0.2) is 4.79 Å². The molecule has 1 fully saturated rings. The van der Waals surface area contributed by atoms with Gasteiger partial charge in [0, 0.05) is 44.6 Å². The van der Waals surface area contributed by atoms with E-state index in [1.54, 1.807) is 0 Å². The molecule has 6 nitrogen and oxygen atoms in total. The van der Waals surface area contributed by atoms with Gasteiger partial charge in [0.05, 0.1) is 12.2 Å². The van der Waals surface area contributed by atoms with Crippen molar-refractivity contribution in [1.29, 1.82) is 0 Å². The second-order valence-corrected chi connectivity index (χ2v) is 6.46. The average molecular weight is 327 g/mol. The molecule has 128 valence electrons. The second kappa shape index (κ2) is 7.38. The fourth-order valence-corrected chi connectivity index (χ4v) is 3.19. The molecule has 1 saturated heterocycles. The van der Waals surface area contributed by atoms with Crippen molar-refractivity contribution in [2.75, 3.05) is 25.5 Å². The third-order valence-corrected chi connectivity index (χ3v) is 4.54. The van der Waals surface area contributed by atoms with E-state index in [4.69, 9.17) is 0 Å². The van der Waals surface area contributed by atoms with Crippen LogP contribution in [0.15, 0.2) is 36.7 Å². The Labute approximate surface area is 142 Å². The molecule has 0 radical (unpaired) electrons. The van der Waals surface area contributed by atoms with Crippen LogP contribution in [-0.4, -0.2) is 41.8 Å². The number of aromatic amines is 1. The summed E-state index contributed by atoms with van der Waals surface area (Å²) in [4.78, 5) is 16.7. The lowest BCUT2D eigenvalue weighted by Crippen LogP contribution is -2.44. The van der Waals surface area contributed by atoms with Crippen LogP contribution in [0.1, 0.15) is 36.4 Å². The van der Waals surface area contributed by atoms with Gasteiger partial charge in [-0.1, -0.05) is 12.1 Å². The molecule has 1 atom stereocenters. The summed E-state index contributed by atoms with van der Waals surface area (Å²) in [5, 5.41) is 9.94. The molecule has 2 aromatic rings. The van der Waals surface area contributed by atoms with Gasteiger partial charge >= 0.3 is 6.03 Å². The van der Waals surface area contributed by atoms with Crippen LogP contribution in [0.2, 0.25) is 0 Å². The number of hydrogen-bond acceptors (Lipinski definition) is 3. The van der Waals surface area contributed by atoms with Gasteiger partial charge in [0.2, 0.25) is 0 Å². The van der Waals surface area contributed by atoms with Gasteiger partial charge in [0.1, 0.15) is 0 Å². The van der Waals surface area contributed by atoms with E-state index in [1.165, 1.54) is 0 Å². The van der Waals surface area contributed by atoms with Crippen LogP contribution in [0.4, 0.5) is 10.5 Å². The molecule has 0 saturated carbocycles. The number of likely N-dealkylation sites (tertiary alicyclic amines) is 1. The predicted molar refractivity (Wildman–Crippen MR) is 94.9 cm³/mol. The number of hydrogen-bond donors (Lipinski definition) is 2. The van der Waals surface area contributed by atoms with Crippen molar-refractivity contribution >= 4 is 11.7 Å². The zero-order valence-corrected chi connectivity index (χ0v) is 14.3. The number of nitrogens with zero attached hydrogens (tertiary/aromatic N) is 3. The minimum atomic E-state index is -0.00356. The number of benzene rings is 1. The highest BCUT2D eigenvalue weighted by Crippen LogP contribution is 2.30. The Kier molecular flexibility index (Phi) is 5.03. The van der Waals surface area contributed by atoms with Gasteiger partial charge < -0.3 is 15.1 Å². The summed E-state index contributed by atoms with van der Waals surface area (Å²) in [6, 6.07) is 8.33. The van der Waals surface area contributed by atoms with E-state index in [0.29, 0.717) is 6.54 Å². The van der Waals surface area contributed by atoms with Crippen molar-refractivity contribution in [3.05, 3.63) is 47.8 Å². The van der Waals surface area contributed by atoms with Gasteiger partial charge in [-0.2, -0.15) is 5.10 Å². The standard InChI is InChI=1S/C18H25N5O/c1-22(2)16-7-5-6-14(10-16)11-19-18(24)23-9-4-3-8-17(23)15-12-20-21-13-15/h5-7,10,12-13,17H,3-4,8-9,11H2,1-2H3,(H,19,24)(H,20,21)/t17-/m1/s1. The molecule has 2 N–H and O–H groups in total. The number of piperidine rings is 1. The molecule has 2 heterocycles. The fraction of sp³-hybridized carbons (Fsp3) is 0.444. The Bertz CT molecular complexity index is 668. The number of carbonyl (C=O) groups is 1. The maximum Gasteiger partial charge on any atom is 0.318 e. The van der Waals surface area contributed by atoms with Crippen LogP contribution >= 0.6 is 0 Å². The zero-order valence-electron chi connectivity index (χ0n) is 14.3.